The molecule has 0 aliphatic rings. The molecule has 8 heteroatoms. The van der Waals surface area contributed by atoms with Gasteiger partial charge in [-0.15, -0.1) is 0 Å². The summed E-state index contributed by atoms with van der Waals surface area (Å²) in [7, 11) is -3.69. The summed E-state index contributed by atoms with van der Waals surface area (Å²) in [6, 6.07) is 0. The van der Waals surface area contributed by atoms with E-state index >= 15 is 0 Å². The average Bonchev–Trinajstić information content (AvgIpc) is 2.22. The second-order valence-electron chi connectivity index (χ2n) is 1.94. The smallest absolute Gasteiger partial charge is 0.397 e. The van der Waals surface area contributed by atoms with E-state index in [4.69, 9.17) is 15.1 Å². The molecule has 0 atom stereocenters. The zero-order chi connectivity index (χ0) is 14.7. The van der Waals surface area contributed by atoms with Crippen LogP contribution < -0.4 is 0 Å². The standard InChI is InChI=1S/C4H11O4P.2C2H6O.C2H5.CH3.Ti/c1-3-7-9(5,6)8-4-2;2*1-2-3;1-2;;/h3-4H2,1-2H3,(H,5,6);2*3H,2H2,1H3;1H2,2H3;1H3;/q;;;2*-1;+2. The fraction of sp³-hybridized carbons (Fsp3) is 0.818. The molecule has 0 fully saturated rings. The Bertz CT molecular complexity index is 137. The maximum absolute atomic E-state index is 10.5. The van der Waals surface area contributed by atoms with E-state index in [0.717, 1.165) is 0 Å². The molecule has 0 aliphatic heterocycles. The quantitative estimate of drug-likeness (QED) is 0.414. The van der Waals surface area contributed by atoms with Gasteiger partial charge in [-0.1, -0.05) is 0 Å². The van der Waals surface area contributed by atoms with Gasteiger partial charge in [0.2, 0.25) is 0 Å². The van der Waals surface area contributed by atoms with Crippen LogP contribution >= 0.6 is 7.82 Å². The van der Waals surface area contributed by atoms with Crippen LogP contribution in [0.25, 0.3) is 0 Å². The van der Waals surface area contributed by atoms with Gasteiger partial charge in [0, 0.05) is 13.2 Å². The molecular formula is C11H31O6PTi. The van der Waals surface area contributed by atoms with Crippen molar-refractivity contribution in [3.63, 3.8) is 0 Å². The minimum atomic E-state index is -3.69. The van der Waals surface area contributed by atoms with Crippen LogP contribution in [-0.2, 0) is 35.3 Å². The number of aliphatic hydroxyl groups excluding tert-OH is 2. The number of hydrogen-bond acceptors (Lipinski definition) is 5. The van der Waals surface area contributed by atoms with Gasteiger partial charge in [-0.3, -0.25) is 9.05 Å². The van der Waals surface area contributed by atoms with Gasteiger partial charge >= 0.3 is 29.5 Å². The van der Waals surface area contributed by atoms with E-state index in [1.54, 1.807) is 34.6 Å². The monoisotopic (exact) mass is 338 g/mol. The van der Waals surface area contributed by atoms with Crippen LogP contribution in [0.3, 0.4) is 0 Å². The molecule has 0 heterocycles. The van der Waals surface area contributed by atoms with E-state index in [2.05, 4.69) is 16.0 Å². The zero-order valence-electron chi connectivity index (χ0n) is 13.0. The van der Waals surface area contributed by atoms with Crippen molar-refractivity contribution >= 4 is 7.82 Å². The van der Waals surface area contributed by atoms with Crippen molar-refractivity contribution in [3.05, 3.63) is 14.4 Å². The van der Waals surface area contributed by atoms with Crippen molar-refractivity contribution in [1.82, 2.24) is 0 Å². The Balaban J connectivity index is -0.0000000360. The molecule has 6 nitrogen and oxygen atoms in total. The Morgan fingerprint density at radius 3 is 1.21 bits per heavy atom. The maximum atomic E-state index is 10.5. The van der Waals surface area contributed by atoms with Crippen LogP contribution in [0, 0.1) is 14.4 Å². The minimum Gasteiger partial charge on any atom is -0.397 e. The third-order valence-electron chi connectivity index (χ3n) is 0.584. The molecule has 0 aliphatic carbocycles. The van der Waals surface area contributed by atoms with Gasteiger partial charge in [-0.25, -0.2) is 4.57 Å². The van der Waals surface area contributed by atoms with Gasteiger partial charge in [-0.05, 0) is 27.7 Å². The third-order valence-corrected chi connectivity index (χ3v) is 1.75. The largest absolute Gasteiger partial charge is 2.00 e. The SMILES string of the molecule is CCO.CCO.CCOP(=O)(O)OCC.[CH2-]C.[CH3-].[Ti+2]. The summed E-state index contributed by atoms with van der Waals surface area (Å²) in [5.41, 5.74) is 0. The second-order valence-corrected chi connectivity index (χ2v) is 3.39. The predicted octanol–water partition coefficient (Wildman–Crippen LogP) is 2.45. The molecule has 19 heavy (non-hydrogen) atoms. The summed E-state index contributed by atoms with van der Waals surface area (Å²) in [5, 5.41) is 15.1. The fourth-order valence-corrected chi connectivity index (χ4v) is 1.09. The number of phosphoric ester groups is 1. The van der Waals surface area contributed by atoms with Crippen LogP contribution in [-0.4, -0.2) is 41.5 Å². The molecule has 0 amide bonds. The van der Waals surface area contributed by atoms with Gasteiger partial charge in [0.15, 0.2) is 0 Å². The van der Waals surface area contributed by atoms with Crippen molar-refractivity contribution in [1.29, 1.82) is 0 Å². The predicted molar refractivity (Wildman–Crippen MR) is 76.0 cm³/mol. The number of aliphatic hydroxyl groups is 2. The Hall–Kier alpha value is 0.744. The zero-order valence-corrected chi connectivity index (χ0v) is 15.5. The summed E-state index contributed by atoms with van der Waals surface area (Å²) < 4.78 is 19.2. The number of rotatable bonds is 4. The first kappa shape index (κ1) is 36.7. The minimum absolute atomic E-state index is 0. The molecule has 0 aromatic carbocycles. The Morgan fingerprint density at radius 2 is 1.11 bits per heavy atom. The number of hydrogen-bond donors (Lipinski definition) is 3. The summed E-state index contributed by atoms with van der Waals surface area (Å²) in [5.74, 6) is 0. The van der Waals surface area contributed by atoms with E-state index in [9.17, 15) is 4.57 Å². The van der Waals surface area contributed by atoms with E-state index < -0.39 is 7.82 Å². The summed E-state index contributed by atoms with van der Waals surface area (Å²) in [4.78, 5) is 8.63. The van der Waals surface area contributed by atoms with Crippen molar-refractivity contribution in [3.8, 4) is 0 Å². The molecule has 0 saturated carbocycles. The molecule has 0 aromatic heterocycles. The average molecular weight is 338 g/mol. The Morgan fingerprint density at radius 1 is 0.947 bits per heavy atom. The van der Waals surface area contributed by atoms with Crippen molar-refractivity contribution < 1.29 is 50.4 Å². The molecule has 0 radical (unpaired) electrons. The Labute approximate surface area is 134 Å². The van der Waals surface area contributed by atoms with Gasteiger partial charge in [0.05, 0.1) is 13.2 Å². The fourth-order valence-electron chi connectivity index (χ4n) is 0.364. The molecule has 0 aromatic rings. The molecule has 0 rings (SSSR count). The van der Waals surface area contributed by atoms with Crippen molar-refractivity contribution in [2.75, 3.05) is 26.4 Å². The topological polar surface area (TPSA) is 96.2 Å². The van der Waals surface area contributed by atoms with Gasteiger partial charge in [0.1, 0.15) is 0 Å². The van der Waals surface area contributed by atoms with E-state index in [1.165, 1.54) is 0 Å². The normalized spacial score (nSPS) is 7.84. The van der Waals surface area contributed by atoms with E-state index in [-0.39, 0.29) is 55.6 Å². The van der Waals surface area contributed by atoms with Gasteiger partial charge in [-0.2, -0.15) is 6.92 Å². The summed E-state index contributed by atoms with van der Waals surface area (Å²) >= 11 is 0. The first-order valence-electron chi connectivity index (χ1n) is 5.49. The first-order chi connectivity index (χ1) is 7.95. The summed E-state index contributed by atoms with van der Waals surface area (Å²) in [6.07, 6.45) is 0. The van der Waals surface area contributed by atoms with Crippen LogP contribution in [0.4, 0.5) is 0 Å². The molecular weight excluding hydrogens is 307 g/mol. The van der Waals surface area contributed by atoms with Crippen LogP contribution in [0.5, 0.6) is 0 Å². The first-order valence-corrected chi connectivity index (χ1v) is 6.99. The van der Waals surface area contributed by atoms with E-state index in [0.29, 0.717) is 0 Å². The third kappa shape index (κ3) is 68.7. The van der Waals surface area contributed by atoms with Gasteiger partial charge in [0.25, 0.3) is 0 Å². The van der Waals surface area contributed by atoms with Crippen LogP contribution in [0.1, 0.15) is 34.6 Å². The summed E-state index contributed by atoms with van der Waals surface area (Å²) in [6.45, 7) is 12.5. The van der Waals surface area contributed by atoms with Crippen LogP contribution in [0.2, 0.25) is 0 Å². The molecule has 0 bridgehead atoms. The number of phosphoric acid groups is 1. The van der Waals surface area contributed by atoms with Crippen molar-refractivity contribution in [2.24, 2.45) is 0 Å². The molecule has 3 N–H and O–H groups in total. The Kier molecular flexibility index (Phi) is 70.2. The van der Waals surface area contributed by atoms with Crippen LogP contribution in [0.15, 0.2) is 0 Å². The maximum Gasteiger partial charge on any atom is 2.00 e. The molecule has 0 unspecified atom stereocenters. The molecule has 0 saturated heterocycles. The van der Waals surface area contributed by atoms with E-state index in [1.807, 2.05) is 0 Å². The second kappa shape index (κ2) is 36.3. The van der Waals surface area contributed by atoms with Gasteiger partial charge < -0.3 is 29.5 Å². The van der Waals surface area contributed by atoms with Crippen molar-refractivity contribution in [2.45, 2.75) is 34.6 Å². The molecule has 0 spiro atoms. The molecule has 120 valence electrons.